The normalized spacial score (nSPS) is 15.4. The largest absolute Gasteiger partial charge is 0.359 e. The van der Waals surface area contributed by atoms with Crippen molar-refractivity contribution in [1.82, 2.24) is 15.1 Å². The van der Waals surface area contributed by atoms with Gasteiger partial charge in [0.15, 0.2) is 0 Å². The Hall–Kier alpha value is -1.28. The van der Waals surface area contributed by atoms with Crippen molar-refractivity contribution in [3.05, 3.63) is 48.3 Å². The standard InChI is InChI=1S/C16H25N3O3S.ClH/c1-15(17-13-16-7-3-2-4-8-16)19-11-10-18(14-19)9-5-6-12-23(20,21)22;/h2-4,7-8,10-11,15,17H,5-6,9,12-14H2,1H3,(H,20,21,22);1H. The average Bonchev–Trinajstić information content (AvgIpc) is 2.98. The molecule has 0 bridgehead atoms. The summed E-state index contributed by atoms with van der Waals surface area (Å²) in [5.41, 5.74) is 1.25. The highest BCUT2D eigenvalue weighted by Gasteiger charge is 2.17. The second-order valence-corrected chi connectivity index (χ2v) is 7.37. The van der Waals surface area contributed by atoms with Gasteiger partial charge in [0.25, 0.3) is 10.1 Å². The van der Waals surface area contributed by atoms with E-state index in [0.717, 1.165) is 26.2 Å². The molecule has 0 amide bonds. The quantitative estimate of drug-likeness (QED) is 0.509. The van der Waals surface area contributed by atoms with Crippen LogP contribution in [0.15, 0.2) is 42.7 Å². The minimum absolute atomic E-state index is 0. The van der Waals surface area contributed by atoms with Crippen molar-refractivity contribution in [2.24, 2.45) is 0 Å². The van der Waals surface area contributed by atoms with Crippen molar-refractivity contribution >= 4 is 22.5 Å². The van der Waals surface area contributed by atoms with Gasteiger partial charge < -0.3 is 9.80 Å². The van der Waals surface area contributed by atoms with Crippen LogP contribution in [0.4, 0.5) is 0 Å². The molecule has 6 nitrogen and oxygen atoms in total. The summed E-state index contributed by atoms with van der Waals surface area (Å²) < 4.78 is 30.0. The predicted octanol–water partition coefficient (Wildman–Crippen LogP) is 2.26. The average molecular weight is 376 g/mol. The van der Waals surface area contributed by atoms with Crippen molar-refractivity contribution in [2.75, 3.05) is 19.0 Å². The number of halogens is 1. The highest BCUT2D eigenvalue weighted by Crippen LogP contribution is 2.11. The highest BCUT2D eigenvalue weighted by atomic mass is 35.5. The minimum atomic E-state index is -3.83. The molecule has 24 heavy (non-hydrogen) atoms. The maximum Gasteiger partial charge on any atom is 0.264 e. The van der Waals surface area contributed by atoms with Gasteiger partial charge in [0, 0.05) is 25.5 Å². The van der Waals surface area contributed by atoms with Crippen LogP contribution in [0.25, 0.3) is 0 Å². The summed E-state index contributed by atoms with van der Waals surface area (Å²) in [7, 11) is -3.83. The first-order valence-corrected chi connectivity index (χ1v) is 9.45. The third-order valence-electron chi connectivity index (χ3n) is 3.85. The zero-order chi connectivity index (χ0) is 16.7. The van der Waals surface area contributed by atoms with Gasteiger partial charge in [-0.25, -0.2) is 0 Å². The van der Waals surface area contributed by atoms with Gasteiger partial charge in [-0.2, -0.15) is 8.42 Å². The summed E-state index contributed by atoms with van der Waals surface area (Å²) in [6.07, 6.45) is 5.50. The lowest BCUT2D eigenvalue weighted by Crippen LogP contribution is -2.41. The van der Waals surface area contributed by atoms with E-state index in [1.54, 1.807) is 0 Å². The molecule has 0 spiro atoms. The van der Waals surface area contributed by atoms with Crippen molar-refractivity contribution in [3.8, 4) is 0 Å². The molecule has 0 fully saturated rings. The molecule has 1 heterocycles. The Kier molecular flexibility index (Phi) is 8.55. The summed E-state index contributed by atoms with van der Waals surface area (Å²) in [5, 5.41) is 3.48. The molecule has 0 aromatic heterocycles. The number of hydrogen-bond acceptors (Lipinski definition) is 5. The van der Waals surface area contributed by atoms with Crippen LogP contribution >= 0.6 is 12.4 Å². The van der Waals surface area contributed by atoms with Gasteiger partial charge in [0.05, 0.1) is 18.6 Å². The Morgan fingerprint density at radius 3 is 2.58 bits per heavy atom. The topological polar surface area (TPSA) is 72.9 Å². The van der Waals surface area contributed by atoms with Gasteiger partial charge in [-0.15, -0.1) is 12.4 Å². The zero-order valence-corrected chi connectivity index (χ0v) is 15.5. The molecular weight excluding hydrogens is 350 g/mol. The number of nitrogens with zero attached hydrogens (tertiary/aromatic N) is 2. The van der Waals surface area contributed by atoms with E-state index in [4.69, 9.17) is 4.55 Å². The van der Waals surface area contributed by atoms with Crippen molar-refractivity contribution in [2.45, 2.75) is 32.5 Å². The molecule has 1 aliphatic rings. The number of rotatable bonds is 9. The third kappa shape index (κ3) is 7.53. The third-order valence-corrected chi connectivity index (χ3v) is 4.66. The summed E-state index contributed by atoms with van der Waals surface area (Å²) >= 11 is 0. The molecule has 1 unspecified atom stereocenters. The number of hydrogen-bond donors (Lipinski definition) is 2. The van der Waals surface area contributed by atoms with Gasteiger partial charge in [-0.1, -0.05) is 30.3 Å². The Labute approximate surface area is 150 Å². The second kappa shape index (κ2) is 9.88. The first kappa shape index (κ1) is 20.8. The van der Waals surface area contributed by atoms with Crippen LogP contribution in [0.2, 0.25) is 0 Å². The first-order chi connectivity index (χ1) is 10.9. The Bertz CT molecular complexity index is 610. The van der Waals surface area contributed by atoms with Crippen LogP contribution in [-0.4, -0.2) is 47.9 Å². The first-order valence-electron chi connectivity index (χ1n) is 7.85. The molecular formula is C16H26ClN3O3S. The fourth-order valence-electron chi connectivity index (χ4n) is 2.46. The van der Waals surface area contributed by atoms with Crippen molar-refractivity contribution in [3.63, 3.8) is 0 Å². The Balaban J connectivity index is 0.00000288. The molecule has 1 aromatic carbocycles. The second-order valence-electron chi connectivity index (χ2n) is 5.80. The lowest BCUT2D eigenvalue weighted by atomic mass is 10.2. The van der Waals surface area contributed by atoms with Crippen molar-refractivity contribution in [1.29, 1.82) is 0 Å². The van der Waals surface area contributed by atoms with Gasteiger partial charge in [0.2, 0.25) is 0 Å². The Morgan fingerprint density at radius 2 is 1.92 bits per heavy atom. The number of unbranched alkanes of at least 4 members (excludes halogenated alkanes) is 1. The lowest BCUT2D eigenvalue weighted by molar-refractivity contribution is 0.194. The monoisotopic (exact) mass is 375 g/mol. The summed E-state index contributed by atoms with van der Waals surface area (Å²) in [5.74, 6) is -0.163. The molecule has 8 heteroatoms. The van der Waals surface area contributed by atoms with E-state index in [1.165, 1.54) is 5.56 Å². The summed E-state index contributed by atoms with van der Waals surface area (Å²) in [6, 6.07) is 10.3. The molecule has 0 saturated carbocycles. The van der Waals surface area contributed by atoms with E-state index in [0.29, 0.717) is 6.42 Å². The molecule has 0 saturated heterocycles. The van der Waals surface area contributed by atoms with E-state index in [2.05, 4.69) is 34.2 Å². The minimum Gasteiger partial charge on any atom is -0.359 e. The van der Waals surface area contributed by atoms with Crippen LogP contribution in [0.5, 0.6) is 0 Å². The number of nitrogens with one attached hydrogen (secondary N) is 1. The predicted molar refractivity (Wildman–Crippen MR) is 98.2 cm³/mol. The van der Waals surface area contributed by atoms with Gasteiger partial charge in [0.1, 0.15) is 0 Å². The summed E-state index contributed by atoms with van der Waals surface area (Å²) in [4.78, 5) is 4.34. The fraction of sp³-hybridized carbons (Fsp3) is 0.500. The fourth-order valence-corrected chi connectivity index (χ4v) is 3.03. The number of benzene rings is 1. The lowest BCUT2D eigenvalue weighted by Gasteiger charge is -2.27. The van der Waals surface area contributed by atoms with E-state index >= 15 is 0 Å². The molecule has 2 rings (SSSR count). The summed E-state index contributed by atoms with van der Waals surface area (Å²) in [6.45, 7) is 4.51. The van der Waals surface area contributed by atoms with E-state index < -0.39 is 10.1 Å². The van der Waals surface area contributed by atoms with E-state index in [1.807, 2.05) is 30.6 Å². The van der Waals surface area contributed by atoms with Gasteiger partial charge in [-0.05, 0) is 25.3 Å². The van der Waals surface area contributed by atoms with Crippen LogP contribution in [-0.2, 0) is 16.7 Å². The van der Waals surface area contributed by atoms with Crippen LogP contribution in [0, 0.1) is 0 Å². The molecule has 0 radical (unpaired) electrons. The van der Waals surface area contributed by atoms with E-state index in [9.17, 15) is 8.42 Å². The van der Waals surface area contributed by atoms with Gasteiger partial charge >= 0.3 is 0 Å². The smallest absolute Gasteiger partial charge is 0.264 e. The molecule has 1 aliphatic heterocycles. The maximum atomic E-state index is 10.7. The highest BCUT2D eigenvalue weighted by molar-refractivity contribution is 7.85. The zero-order valence-electron chi connectivity index (χ0n) is 13.8. The van der Waals surface area contributed by atoms with Crippen LogP contribution in [0.3, 0.4) is 0 Å². The van der Waals surface area contributed by atoms with Crippen LogP contribution < -0.4 is 5.32 Å². The molecule has 1 atom stereocenters. The molecule has 2 N–H and O–H groups in total. The van der Waals surface area contributed by atoms with Crippen LogP contribution in [0.1, 0.15) is 25.3 Å². The molecule has 136 valence electrons. The maximum absolute atomic E-state index is 10.7. The molecule has 1 aromatic rings. The Morgan fingerprint density at radius 1 is 1.21 bits per heavy atom. The van der Waals surface area contributed by atoms with Gasteiger partial charge in [-0.3, -0.25) is 9.87 Å². The molecule has 0 aliphatic carbocycles. The van der Waals surface area contributed by atoms with Crippen molar-refractivity contribution < 1.29 is 13.0 Å². The van der Waals surface area contributed by atoms with E-state index in [-0.39, 0.29) is 24.3 Å². The SMILES string of the molecule is CC(NCc1ccccc1)N1C=CN(CCCCS(=O)(=O)O)C1.Cl.